The van der Waals surface area contributed by atoms with Crippen LogP contribution in [0.2, 0.25) is 0 Å². The van der Waals surface area contributed by atoms with Crippen LogP contribution in [0.4, 0.5) is 11.4 Å². The molecule has 0 saturated carbocycles. The summed E-state index contributed by atoms with van der Waals surface area (Å²) in [5.74, 6) is -1.00. The minimum atomic E-state index is -1.00. The first-order valence-corrected chi connectivity index (χ1v) is 5.52. The SMILES string of the molecule is CN(C)CCCNc1ccc(N)c(C(=O)O)c1. The number of nitrogen functional groups attached to an aromatic ring is 1. The zero-order chi connectivity index (χ0) is 12.8. The largest absolute Gasteiger partial charge is 0.478 e. The van der Waals surface area contributed by atoms with Crippen LogP contribution < -0.4 is 11.1 Å². The first-order valence-electron chi connectivity index (χ1n) is 5.52. The van der Waals surface area contributed by atoms with Crippen molar-refractivity contribution in [1.82, 2.24) is 4.90 Å². The van der Waals surface area contributed by atoms with Gasteiger partial charge < -0.3 is 21.1 Å². The average Bonchev–Trinajstić information content (AvgIpc) is 2.25. The Morgan fingerprint density at radius 2 is 2.18 bits per heavy atom. The number of carboxylic acid groups (broad SMARTS) is 1. The Balaban J connectivity index is 2.54. The van der Waals surface area contributed by atoms with Crippen molar-refractivity contribution in [2.24, 2.45) is 0 Å². The lowest BCUT2D eigenvalue weighted by atomic mass is 10.1. The average molecular weight is 237 g/mol. The molecule has 1 aromatic rings. The summed E-state index contributed by atoms with van der Waals surface area (Å²) >= 11 is 0. The fourth-order valence-corrected chi connectivity index (χ4v) is 1.48. The molecule has 0 spiro atoms. The van der Waals surface area contributed by atoms with Gasteiger partial charge in [0.1, 0.15) is 0 Å². The second-order valence-electron chi connectivity index (χ2n) is 4.19. The Labute approximate surface area is 101 Å². The Kier molecular flexibility index (Phi) is 4.78. The molecule has 94 valence electrons. The fourth-order valence-electron chi connectivity index (χ4n) is 1.48. The molecule has 0 amide bonds. The zero-order valence-corrected chi connectivity index (χ0v) is 10.2. The highest BCUT2D eigenvalue weighted by atomic mass is 16.4. The van der Waals surface area contributed by atoms with Gasteiger partial charge in [-0.25, -0.2) is 4.79 Å². The van der Waals surface area contributed by atoms with Crippen molar-refractivity contribution in [2.75, 3.05) is 38.2 Å². The van der Waals surface area contributed by atoms with E-state index in [1.165, 1.54) is 0 Å². The normalized spacial score (nSPS) is 10.5. The lowest BCUT2D eigenvalue weighted by molar-refractivity contribution is 0.0698. The molecule has 4 N–H and O–H groups in total. The number of carboxylic acids is 1. The molecule has 5 nitrogen and oxygen atoms in total. The van der Waals surface area contributed by atoms with Gasteiger partial charge in [-0.3, -0.25) is 0 Å². The molecule has 0 radical (unpaired) electrons. The van der Waals surface area contributed by atoms with Crippen LogP contribution in [0.3, 0.4) is 0 Å². The van der Waals surface area contributed by atoms with E-state index in [9.17, 15) is 4.79 Å². The molecule has 1 aromatic carbocycles. The molecule has 0 saturated heterocycles. The molecule has 1 rings (SSSR count). The zero-order valence-electron chi connectivity index (χ0n) is 10.2. The van der Waals surface area contributed by atoms with E-state index in [2.05, 4.69) is 10.2 Å². The maximum Gasteiger partial charge on any atom is 0.337 e. The summed E-state index contributed by atoms with van der Waals surface area (Å²) in [5, 5.41) is 12.1. The molecule has 0 atom stereocenters. The number of nitrogens with two attached hydrogens (primary N) is 1. The third-order valence-electron chi connectivity index (χ3n) is 2.39. The highest BCUT2D eigenvalue weighted by Gasteiger charge is 2.08. The van der Waals surface area contributed by atoms with Crippen molar-refractivity contribution in [3.8, 4) is 0 Å². The minimum Gasteiger partial charge on any atom is -0.478 e. The lowest BCUT2D eigenvalue weighted by Crippen LogP contribution is -2.16. The molecular formula is C12H19N3O2. The number of benzene rings is 1. The van der Waals surface area contributed by atoms with Gasteiger partial charge in [0.25, 0.3) is 0 Å². The predicted octanol–water partition coefficient (Wildman–Crippen LogP) is 1.33. The van der Waals surface area contributed by atoms with Crippen molar-refractivity contribution in [3.05, 3.63) is 23.8 Å². The minimum absolute atomic E-state index is 0.141. The summed E-state index contributed by atoms with van der Waals surface area (Å²) in [7, 11) is 4.04. The van der Waals surface area contributed by atoms with Gasteiger partial charge in [0, 0.05) is 17.9 Å². The predicted molar refractivity (Wildman–Crippen MR) is 69.5 cm³/mol. The first-order chi connectivity index (χ1) is 8.00. The summed E-state index contributed by atoms with van der Waals surface area (Å²) in [4.78, 5) is 13.0. The van der Waals surface area contributed by atoms with Crippen molar-refractivity contribution >= 4 is 17.3 Å². The number of hydrogen-bond donors (Lipinski definition) is 3. The summed E-state index contributed by atoms with van der Waals surface area (Å²) in [6.45, 7) is 1.80. The standard InChI is InChI=1S/C12H19N3O2/c1-15(2)7-3-6-14-9-4-5-11(13)10(8-9)12(16)17/h4-5,8,14H,3,6-7,13H2,1-2H3,(H,16,17). The second-order valence-corrected chi connectivity index (χ2v) is 4.19. The summed E-state index contributed by atoms with van der Waals surface area (Å²) in [5.41, 5.74) is 6.79. The van der Waals surface area contributed by atoms with Crippen molar-refractivity contribution in [2.45, 2.75) is 6.42 Å². The fraction of sp³-hybridized carbons (Fsp3) is 0.417. The van der Waals surface area contributed by atoms with Gasteiger partial charge in [-0.05, 0) is 45.3 Å². The van der Waals surface area contributed by atoms with Crippen LogP contribution in [-0.2, 0) is 0 Å². The highest BCUT2D eigenvalue weighted by molar-refractivity contribution is 5.94. The van der Waals surface area contributed by atoms with E-state index in [0.29, 0.717) is 0 Å². The van der Waals surface area contributed by atoms with E-state index in [4.69, 9.17) is 10.8 Å². The maximum absolute atomic E-state index is 10.9. The molecule has 0 aliphatic heterocycles. The number of rotatable bonds is 6. The number of anilines is 2. The van der Waals surface area contributed by atoms with E-state index in [1.807, 2.05) is 14.1 Å². The number of nitrogens with zero attached hydrogens (tertiary/aromatic N) is 1. The first kappa shape index (κ1) is 13.3. The molecular weight excluding hydrogens is 218 g/mol. The number of carbonyl (C=O) groups is 1. The van der Waals surface area contributed by atoms with Crippen LogP contribution in [0, 0.1) is 0 Å². The Hall–Kier alpha value is -1.75. The van der Waals surface area contributed by atoms with Gasteiger partial charge >= 0.3 is 5.97 Å². The van der Waals surface area contributed by atoms with E-state index >= 15 is 0 Å². The molecule has 0 aliphatic carbocycles. The monoisotopic (exact) mass is 237 g/mol. The Bertz CT molecular complexity index is 391. The third-order valence-corrected chi connectivity index (χ3v) is 2.39. The molecule has 0 unspecified atom stereocenters. The molecule has 0 aromatic heterocycles. The topological polar surface area (TPSA) is 78.6 Å². The van der Waals surface area contributed by atoms with Crippen molar-refractivity contribution in [1.29, 1.82) is 0 Å². The van der Waals surface area contributed by atoms with Crippen molar-refractivity contribution < 1.29 is 9.90 Å². The number of aromatic carboxylic acids is 1. The number of nitrogens with one attached hydrogen (secondary N) is 1. The summed E-state index contributed by atoms with van der Waals surface area (Å²) in [6.07, 6.45) is 1.000. The molecule has 0 fully saturated rings. The Morgan fingerprint density at radius 3 is 2.76 bits per heavy atom. The summed E-state index contributed by atoms with van der Waals surface area (Å²) in [6, 6.07) is 4.96. The van der Waals surface area contributed by atoms with Gasteiger partial charge in [0.15, 0.2) is 0 Å². The van der Waals surface area contributed by atoms with E-state index < -0.39 is 5.97 Å². The van der Waals surface area contributed by atoms with Gasteiger partial charge in [-0.2, -0.15) is 0 Å². The van der Waals surface area contributed by atoms with Crippen molar-refractivity contribution in [3.63, 3.8) is 0 Å². The highest BCUT2D eigenvalue weighted by Crippen LogP contribution is 2.17. The third kappa shape index (κ3) is 4.32. The van der Waals surface area contributed by atoms with E-state index in [0.717, 1.165) is 25.2 Å². The van der Waals surface area contributed by atoms with E-state index in [-0.39, 0.29) is 11.3 Å². The van der Waals surface area contributed by atoms with Crippen LogP contribution >= 0.6 is 0 Å². The van der Waals surface area contributed by atoms with Crippen LogP contribution in [0.15, 0.2) is 18.2 Å². The van der Waals surface area contributed by atoms with Gasteiger partial charge in [-0.15, -0.1) is 0 Å². The van der Waals surface area contributed by atoms with Crippen LogP contribution in [0.25, 0.3) is 0 Å². The number of hydrogen-bond acceptors (Lipinski definition) is 4. The van der Waals surface area contributed by atoms with E-state index in [1.54, 1.807) is 18.2 Å². The molecule has 0 bridgehead atoms. The molecule has 0 heterocycles. The second kappa shape index (κ2) is 6.10. The quantitative estimate of drug-likeness (QED) is 0.514. The van der Waals surface area contributed by atoms with Gasteiger partial charge in [-0.1, -0.05) is 0 Å². The molecule has 17 heavy (non-hydrogen) atoms. The van der Waals surface area contributed by atoms with Gasteiger partial charge in [0.2, 0.25) is 0 Å². The molecule has 0 aliphatic rings. The lowest BCUT2D eigenvalue weighted by Gasteiger charge is -2.11. The van der Waals surface area contributed by atoms with Gasteiger partial charge in [0.05, 0.1) is 5.56 Å². The maximum atomic E-state index is 10.9. The van der Waals surface area contributed by atoms with Crippen LogP contribution in [0.5, 0.6) is 0 Å². The smallest absolute Gasteiger partial charge is 0.337 e. The molecule has 5 heteroatoms. The Morgan fingerprint density at radius 1 is 1.47 bits per heavy atom. The van der Waals surface area contributed by atoms with Crippen LogP contribution in [-0.4, -0.2) is 43.2 Å². The van der Waals surface area contributed by atoms with Crippen LogP contribution in [0.1, 0.15) is 16.8 Å². The summed E-state index contributed by atoms with van der Waals surface area (Å²) < 4.78 is 0.